The van der Waals surface area contributed by atoms with E-state index in [1.54, 1.807) is 12.1 Å². The Morgan fingerprint density at radius 1 is 0.750 bits per heavy atom. The van der Waals surface area contributed by atoms with E-state index in [1.807, 2.05) is 6.92 Å². The van der Waals surface area contributed by atoms with Gasteiger partial charge in [0.1, 0.15) is 0 Å². The summed E-state index contributed by atoms with van der Waals surface area (Å²) in [7, 11) is -4.02. The molecule has 122 valence electrons. The number of aryl methyl sites for hydroxylation is 1. The van der Waals surface area contributed by atoms with Crippen LogP contribution in [0.4, 0.5) is 0 Å². The Kier molecular flexibility index (Phi) is 4.51. The quantitative estimate of drug-likeness (QED) is 0.520. The van der Waals surface area contributed by atoms with Gasteiger partial charge < -0.3 is 0 Å². The molecule has 0 bridgehead atoms. The maximum atomic E-state index is 10.5. The van der Waals surface area contributed by atoms with Crippen molar-refractivity contribution in [2.75, 3.05) is 0 Å². The molecule has 0 heterocycles. The molecule has 0 fully saturated rings. The van der Waals surface area contributed by atoms with Crippen LogP contribution in [-0.2, 0) is 16.5 Å². The van der Waals surface area contributed by atoms with Crippen molar-refractivity contribution < 1.29 is 13.0 Å². The van der Waals surface area contributed by atoms with E-state index in [-0.39, 0.29) is 4.90 Å². The van der Waals surface area contributed by atoms with Crippen LogP contribution in [0, 0.1) is 6.92 Å². The third-order valence-corrected chi connectivity index (χ3v) is 4.89. The molecule has 4 heteroatoms. The van der Waals surface area contributed by atoms with Crippen molar-refractivity contribution in [3.63, 3.8) is 0 Å². The molecule has 1 aliphatic rings. The van der Waals surface area contributed by atoms with E-state index in [0.717, 1.165) is 12.0 Å². The summed E-state index contributed by atoms with van der Waals surface area (Å²) in [6.45, 7) is 1.84. The van der Waals surface area contributed by atoms with Gasteiger partial charge in [-0.25, -0.2) is 0 Å². The fraction of sp³-hybridized carbons (Fsp3) is 0.100. The van der Waals surface area contributed by atoms with E-state index in [0.29, 0.717) is 0 Å². The predicted molar refractivity (Wildman–Crippen MR) is 95.7 cm³/mol. The minimum Gasteiger partial charge on any atom is -0.282 e. The van der Waals surface area contributed by atoms with Gasteiger partial charge in [-0.15, -0.1) is 0 Å². The summed E-state index contributed by atoms with van der Waals surface area (Å²) in [5, 5.41) is 0. The minimum atomic E-state index is -4.02. The fourth-order valence-corrected chi connectivity index (χ4v) is 3.27. The van der Waals surface area contributed by atoms with Crippen molar-refractivity contribution >= 4 is 10.1 Å². The number of rotatable bonds is 1. The zero-order valence-corrected chi connectivity index (χ0v) is 14.1. The highest BCUT2D eigenvalue weighted by atomic mass is 32.2. The monoisotopic (exact) mass is 338 g/mol. The van der Waals surface area contributed by atoms with Crippen LogP contribution in [0.2, 0.25) is 0 Å². The molecule has 0 spiro atoms. The van der Waals surface area contributed by atoms with Gasteiger partial charge in [-0.1, -0.05) is 66.2 Å². The van der Waals surface area contributed by atoms with Crippen LogP contribution in [0.15, 0.2) is 77.7 Å². The van der Waals surface area contributed by atoms with Crippen LogP contribution in [-0.4, -0.2) is 13.0 Å². The molecule has 3 aromatic carbocycles. The first-order chi connectivity index (χ1) is 11.4. The molecule has 1 N–H and O–H groups in total. The van der Waals surface area contributed by atoms with Gasteiger partial charge in [0.15, 0.2) is 0 Å². The molecule has 0 atom stereocenters. The smallest absolute Gasteiger partial charge is 0.282 e. The van der Waals surface area contributed by atoms with E-state index in [9.17, 15) is 8.42 Å². The van der Waals surface area contributed by atoms with Crippen molar-refractivity contribution in [2.24, 2.45) is 0 Å². The highest BCUT2D eigenvalue weighted by Gasteiger charge is 2.15. The number of fused-ring (bicyclic) bond motifs is 3. The third-order valence-electron chi connectivity index (χ3n) is 4.02. The van der Waals surface area contributed by atoms with Crippen LogP contribution < -0.4 is 0 Å². The van der Waals surface area contributed by atoms with E-state index < -0.39 is 10.1 Å². The molecule has 24 heavy (non-hydrogen) atoms. The Bertz CT molecular complexity index is 915. The highest BCUT2D eigenvalue weighted by Crippen LogP contribution is 2.35. The number of benzene rings is 3. The lowest BCUT2D eigenvalue weighted by Crippen LogP contribution is -1.96. The zero-order valence-electron chi connectivity index (χ0n) is 13.3. The molecular weight excluding hydrogens is 320 g/mol. The maximum absolute atomic E-state index is 10.5. The van der Waals surface area contributed by atoms with E-state index in [4.69, 9.17) is 4.55 Å². The van der Waals surface area contributed by atoms with Crippen LogP contribution in [0.25, 0.3) is 11.1 Å². The predicted octanol–water partition coefficient (Wildman–Crippen LogP) is 4.50. The Hall–Kier alpha value is -2.43. The summed E-state index contributed by atoms with van der Waals surface area (Å²) in [6.07, 6.45) is 1.10. The third kappa shape index (κ3) is 3.55. The molecule has 0 amide bonds. The number of hydrogen-bond acceptors (Lipinski definition) is 2. The second-order valence-corrected chi connectivity index (χ2v) is 7.20. The largest absolute Gasteiger partial charge is 0.294 e. The van der Waals surface area contributed by atoms with Gasteiger partial charge in [-0.3, -0.25) is 4.55 Å². The lowest BCUT2D eigenvalue weighted by atomic mass is 10.1. The highest BCUT2D eigenvalue weighted by molar-refractivity contribution is 7.85. The molecule has 3 nitrogen and oxygen atoms in total. The molecule has 0 radical (unpaired) electrons. The summed E-state index contributed by atoms with van der Waals surface area (Å²) in [5.41, 5.74) is 6.71. The molecule has 3 aromatic rings. The first kappa shape index (κ1) is 16.4. The Labute approximate surface area is 142 Å². The van der Waals surface area contributed by atoms with Crippen molar-refractivity contribution in [3.8, 4) is 11.1 Å². The average Bonchev–Trinajstić information content (AvgIpc) is 2.94. The first-order valence-corrected chi connectivity index (χ1v) is 9.09. The lowest BCUT2D eigenvalue weighted by Gasteiger charge is -1.98. The van der Waals surface area contributed by atoms with Crippen LogP contribution >= 0.6 is 0 Å². The van der Waals surface area contributed by atoms with Gasteiger partial charge in [-0.05, 0) is 47.7 Å². The van der Waals surface area contributed by atoms with Gasteiger partial charge >= 0.3 is 0 Å². The summed E-state index contributed by atoms with van der Waals surface area (Å²) >= 11 is 0. The van der Waals surface area contributed by atoms with Gasteiger partial charge in [0.05, 0.1) is 4.90 Å². The van der Waals surface area contributed by atoms with Gasteiger partial charge in [0, 0.05) is 0 Å². The maximum Gasteiger partial charge on any atom is 0.294 e. The van der Waals surface area contributed by atoms with Crippen molar-refractivity contribution in [1.29, 1.82) is 0 Å². The summed E-state index contributed by atoms with van der Waals surface area (Å²) in [4.78, 5) is -0.0666. The number of hydrogen-bond donors (Lipinski definition) is 1. The molecule has 0 aliphatic heterocycles. The Balaban J connectivity index is 0.000000144. The average molecular weight is 338 g/mol. The van der Waals surface area contributed by atoms with Crippen LogP contribution in [0.1, 0.15) is 16.7 Å². The van der Waals surface area contributed by atoms with E-state index >= 15 is 0 Å². The van der Waals surface area contributed by atoms with Gasteiger partial charge in [-0.2, -0.15) is 8.42 Å². The van der Waals surface area contributed by atoms with Gasteiger partial charge in [0.25, 0.3) is 10.1 Å². The normalized spacial score (nSPS) is 11.9. The van der Waals surface area contributed by atoms with Crippen LogP contribution in [0.3, 0.4) is 0 Å². The molecule has 0 saturated carbocycles. The van der Waals surface area contributed by atoms with Crippen molar-refractivity contribution in [3.05, 3.63) is 89.5 Å². The Morgan fingerprint density at radius 3 is 1.67 bits per heavy atom. The molecule has 0 saturated heterocycles. The fourth-order valence-electron chi connectivity index (χ4n) is 2.79. The lowest BCUT2D eigenvalue weighted by molar-refractivity contribution is 0.483. The topological polar surface area (TPSA) is 54.4 Å². The molecule has 0 aromatic heterocycles. The van der Waals surface area contributed by atoms with Crippen LogP contribution in [0.5, 0.6) is 0 Å². The SMILES string of the molecule is Cc1ccc(S(=O)(=O)O)cc1.c1ccc2c(c1)Cc1ccccc1-2. The molecular formula is C20H18O3S. The van der Waals surface area contributed by atoms with Gasteiger partial charge in [0.2, 0.25) is 0 Å². The molecule has 4 rings (SSSR count). The van der Waals surface area contributed by atoms with Crippen molar-refractivity contribution in [2.45, 2.75) is 18.2 Å². The summed E-state index contributed by atoms with van der Waals surface area (Å²) in [5.74, 6) is 0. The second kappa shape index (κ2) is 6.59. The zero-order chi connectivity index (χ0) is 17.2. The summed E-state index contributed by atoms with van der Waals surface area (Å²) < 4.78 is 29.6. The van der Waals surface area contributed by atoms with Crippen molar-refractivity contribution in [1.82, 2.24) is 0 Å². The Morgan fingerprint density at radius 2 is 1.21 bits per heavy atom. The second-order valence-electron chi connectivity index (χ2n) is 5.78. The molecule has 0 unspecified atom stereocenters. The first-order valence-electron chi connectivity index (χ1n) is 7.65. The van der Waals surface area contributed by atoms with E-state index in [1.165, 1.54) is 34.4 Å². The minimum absolute atomic E-state index is 0.0666. The summed E-state index contributed by atoms with van der Waals surface area (Å²) in [6, 6.07) is 23.3. The van der Waals surface area contributed by atoms with E-state index in [2.05, 4.69) is 48.5 Å². The molecule has 1 aliphatic carbocycles. The standard InChI is InChI=1S/C13H10.C7H8O3S/c1-3-7-12-10(5-1)9-11-6-2-4-8-13(11)12;1-6-2-4-7(5-3-6)11(8,9)10/h1-8H,9H2;2-5H,1H3,(H,8,9,10).